The van der Waals surface area contributed by atoms with Crippen LogP contribution in [0.25, 0.3) is 0 Å². The number of rotatable bonds is 6. The van der Waals surface area contributed by atoms with Crippen molar-refractivity contribution in [3.05, 3.63) is 23.4 Å². The molecule has 0 radical (unpaired) electrons. The SMILES string of the molecule is O=C(O)C1CSCN1C(=O)c1ccc(C2CC2)c(OCC2CC2)n1. The van der Waals surface area contributed by atoms with Gasteiger partial charge in [0.25, 0.3) is 5.91 Å². The van der Waals surface area contributed by atoms with Crippen LogP contribution >= 0.6 is 11.8 Å². The molecule has 1 aromatic heterocycles. The van der Waals surface area contributed by atoms with E-state index in [9.17, 15) is 14.7 Å². The van der Waals surface area contributed by atoms with Crippen LogP contribution in [0.2, 0.25) is 0 Å². The van der Waals surface area contributed by atoms with Crippen molar-refractivity contribution in [1.82, 2.24) is 9.88 Å². The van der Waals surface area contributed by atoms with E-state index in [0.29, 0.717) is 36.0 Å². The molecular weight excluding hydrogens is 328 g/mol. The van der Waals surface area contributed by atoms with Gasteiger partial charge in [-0.3, -0.25) is 4.79 Å². The van der Waals surface area contributed by atoms with Gasteiger partial charge in [-0.05, 0) is 43.6 Å². The third-order valence-corrected chi connectivity index (χ3v) is 5.72. The second kappa shape index (κ2) is 6.27. The fraction of sp³-hybridized carbons (Fsp3) is 0.588. The molecule has 1 saturated heterocycles. The minimum absolute atomic E-state index is 0.277. The van der Waals surface area contributed by atoms with Gasteiger partial charge < -0.3 is 14.7 Å². The largest absolute Gasteiger partial charge is 0.480 e. The van der Waals surface area contributed by atoms with Crippen LogP contribution in [0, 0.1) is 5.92 Å². The average Bonchev–Trinajstić information content (AvgIpc) is 3.50. The van der Waals surface area contributed by atoms with E-state index in [1.54, 1.807) is 6.07 Å². The van der Waals surface area contributed by atoms with E-state index in [-0.39, 0.29) is 11.6 Å². The Labute approximate surface area is 144 Å². The Morgan fingerprint density at radius 2 is 2.08 bits per heavy atom. The molecule has 0 bridgehead atoms. The summed E-state index contributed by atoms with van der Waals surface area (Å²) in [5.74, 6) is 1.19. The molecular formula is C17H20N2O4S. The number of carbonyl (C=O) groups excluding carboxylic acids is 1. The molecule has 2 heterocycles. The van der Waals surface area contributed by atoms with Crippen LogP contribution in [-0.4, -0.2) is 51.1 Å². The second-order valence-electron chi connectivity index (χ2n) is 6.75. The maximum Gasteiger partial charge on any atom is 0.327 e. The summed E-state index contributed by atoms with van der Waals surface area (Å²) in [7, 11) is 0. The zero-order valence-electron chi connectivity index (χ0n) is 13.3. The number of aliphatic carboxylic acids is 1. The highest BCUT2D eigenvalue weighted by molar-refractivity contribution is 7.99. The number of hydrogen-bond donors (Lipinski definition) is 1. The molecule has 24 heavy (non-hydrogen) atoms. The first-order valence-corrected chi connectivity index (χ1v) is 9.54. The number of aromatic nitrogens is 1. The topological polar surface area (TPSA) is 79.7 Å². The number of amides is 1. The molecule has 2 aliphatic carbocycles. The van der Waals surface area contributed by atoms with Crippen molar-refractivity contribution < 1.29 is 19.4 Å². The lowest BCUT2D eigenvalue weighted by atomic mass is 10.1. The summed E-state index contributed by atoms with van der Waals surface area (Å²) in [5.41, 5.74) is 1.36. The van der Waals surface area contributed by atoms with Crippen molar-refractivity contribution >= 4 is 23.6 Å². The minimum atomic E-state index is -0.965. The molecule has 6 nitrogen and oxygen atoms in total. The van der Waals surface area contributed by atoms with Crippen LogP contribution in [0.3, 0.4) is 0 Å². The van der Waals surface area contributed by atoms with Crippen LogP contribution in [0.5, 0.6) is 5.88 Å². The number of carboxylic acid groups (broad SMARTS) is 1. The first-order valence-electron chi connectivity index (χ1n) is 8.38. The third kappa shape index (κ3) is 3.22. The molecule has 4 rings (SSSR count). The Kier molecular flexibility index (Phi) is 4.12. The van der Waals surface area contributed by atoms with E-state index in [1.165, 1.54) is 29.5 Å². The molecule has 0 aromatic carbocycles. The lowest BCUT2D eigenvalue weighted by molar-refractivity contribution is -0.140. The highest BCUT2D eigenvalue weighted by Crippen LogP contribution is 2.44. The Morgan fingerprint density at radius 3 is 2.75 bits per heavy atom. The maximum atomic E-state index is 12.7. The summed E-state index contributed by atoms with van der Waals surface area (Å²) in [5, 5.41) is 9.26. The van der Waals surface area contributed by atoms with Gasteiger partial charge in [0, 0.05) is 11.3 Å². The van der Waals surface area contributed by atoms with Crippen molar-refractivity contribution in [3.63, 3.8) is 0 Å². The molecule has 128 valence electrons. The quantitative estimate of drug-likeness (QED) is 0.850. The Hall–Kier alpha value is -1.76. The van der Waals surface area contributed by atoms with Gasteiger partial charge >= 0.3 is 5.97 Å². The monoisotopic (exact) mass is 348 g/mol. The number of carboxylic acids is 1. The molecule has 3 fully saturated rings. The van der Waals surface area contributed by atoms with E-state index in [2.05, 4.69) is 4.98 Å². The number of thioether (sulfide) groups is 1. The van der Waals surface area contributed by atoms with Crippen molar-refractivity contribution in [2.24, 2.45) is 5.92 Å². The normalized spacial score (nSPS) is 23.3. The number of hydrogen-bond acceptors (Lipinski definition) is 5. The molecule has 1 amide bonds. The summed E-state index contributed by atoms with van der Waals surface area (Å²) >= 11 is 1.45. The van der Waals surface area contributed by atoms with Gasteiger partial charge in [0.05, 0.1) is 12.5 Å². The van der Waals surface area contributed by atoms with Gasteiger partial charge in [0.2, 0.25) is 5.88 Å². The minimum Gasteiger partial charge on any atom is -0.480 e. The number of carbonyl (C=O) groups is 2. The number of nitrogens with zero attached hydrogens (tertiary/aromatic N) is 2. The Morgan fingerprint density at radius 1 is 1.29 bits per heavy atom. The molecule has 1 aromatic rings. The standard InChI is InChI=1S/C17H20N2O4S/c20-16(19-9-24-8-14(19)17(21)22)13-6-5-12(11-3-4-11)15(18-13)23-7-10-1-2-10/h5-6,10-11,14H,1-4,7-9H2,(H,21,22). The van der Waals surface area contributed by atoms with Crippen molar-refractivity contribution in [3.8, 4) is 5.88 Å². The number of ether oxygens (including phenoxy) is 1. The molecule has 1 unspecified atom stereocenters. The van der Waals surface area contributed by atoms with Gasteiger partial charge in [0.15, 0.2) is 0 Å². The van der Waals surface area contributed by atoms with E-state index >= 15 is 0 Å². The van der Waals surface area contributed by atoms with E-state index in [0.717, 1.165) is 18.4 Å². The summed E-state index contributed by atoms with van der Waals surface area (Å²) in [6.45, 7) is 0.654. The first kappa shape index (κ1) is 15.7. The van der Waals surface area contributed by atoms with Gasteiger partial charge in [-0.15, -0.1) is 11.8 Å². The highest BCUT2D eigenvalue weighted by Gasteiger charge is 2.36. The molecule has 3 aliphatic rings. The van der Waals surface area contributed by atoms with Crippen LogP contribution in [0.15, 0.2) is 12.1 Å². The average molecular weight is 348 g/mol. The molecule has 7 heteroatoms. The molecule has 1 N–H and O–H groups in total. The van der Waals surface area contributed by atoms with E-state index in [1.807, 2.05) is 6.07 Å². The maximum absolute atomic E-state index is 12.7. The third-order valence-electron chi connectivity index (χ3n) is 4.71. The fourth-order valence-corrected chi connectivity index (χ4v) is 4.01. The lowest BCUT2D eigenvalue weighted by Gasteiger charge is -2.20. The smallest absolute Gasteiger partial charge is 0.327 e. The Balaban J connectivity index is 1.56. The summed E-state index contributed by atoms with van der Waals surface area (Å²) in [6, 6.07) is 2.87. The van der Waals surface area contributed by atoms with Crippen LogP contribution < -0.4 is 4.74 Å². The molecule has 0 spiro atoms. The summed E-state index contributed by atoms with van der Waals surface area (Å²) < 4.78 is 5.89. The van der Waals surface area contributed by atoms with Crippen LogP contribution in [0.1, 0.15) is 47.7 Å². The van der Waals surface area contributed by atoms with E-state index in [4.69, 9.17) is 4.74 Å². The second-order valence-corrected chi connectivity index (χ2v) is 7.75. The fourth-order valence-electron chi connectivity index (χ4n) is 2.87. The summed E-state index contributed by atoms with van der Waals surface area (Å²) in [4.78, 5) is 29.8. The summed E-state index contributed by atoms with van der Waals surface area (Å²) in [6.07, 6.45) is 4.67. The first-order chi connectivity index (χ1) is 11.6. The van der Waals surface area contributed by atoms with Gasteiger partial charge in [0.1, 0.15) is 11.7 Å². The van der Waals surface area contributed by atoms with Crippen molar-refractivity contribution in [1.29, 1.82) is 0 Å². The lowest BCUT2D eigenvalue weighted by Crippen LogP contribution is -2.42. The van der Waals surface area contributed by atoms with Gasteiger partial charge in [-0.1, -0.05) is 6.07 Å². The van der Waals surface area contributed by atoms with Gasteiger partial charge in [-0.25, -0.2) is 9.78 Å². The van der Waals surface area contributed by atoms with Gasteiger partial charge in [-0.2, -0.15) is 0 Å². The van der Waals surface area contributed by atoms with Crippen LogP contribution in [-0.2, 0) is 4.79 Å². The van der Waals surface area contributed by atoms with Crippen LogP contribution in [0.4, 0.5) is 0 Å². The highest BCUT2D eigenvalue weighted by atomic mass is 32.2. The van der Waals surface area contributed by atoms with E-state index < -0.39 is 12.0 Å². The predicted molar refractivity (Wildman–Crippen MR) is 89.3 cm³/mol. The zero-order chi connectivity index (χ0) is 16.7. The molecule has 1 atom stereocenters. The zero-order valence-corrected chi connectivity index (χ0v) is 14.1. The molecule has 2 saturated carbocycles. The molecule has 1 aliphatic heterocycles. The predicted octanol–water partition coefficient (Wildman–Crippen LogP) is 2.35. The Bertz CT molecular complexity index is 673. The van der Waals surface area contributed by atoms with Crippen molar-refractivity contribution in [2.75, 3.05) is 18.2 Å². The van der Waals surface area contributed by atoms with Crippen molar-refractivity contribution in [2.45, 2.75) is 37.6 Å². The number of pyridine rings is 1.